The average molecular weight is 461 g/mol. The molecule has 0 amide bonds. The minimum atomic E-state index is -0.277. The van der Waals surface area contributed by atoms with Crippen LogP contribution in [0.3, 0.4) is 0 Å². The molecular formula is C25H36N2O6. The molecule has 0 bridgehead atoms. The number of unbranched alkanes of at least 4 members (excludes halogenated alkanes) is 1. The summed E-state index contributed by atoms with van der Waals surface area (Å²) in [5, 5.41) is 14.3. The van der Waals surface area contributed by atoms with E-state index in [9.17, 15) is 9.59 Å². The van der Waals surface area contributed by atoms with Gasteiger partial charge in [-0.05, 0) is 61.9 Å². The van der Waals surface area contributed by atoms with Gasteiger partial charge in [0.25, 0.3) is 0 Å². The quantitative estimate of drug-likeness (QED) is 0.291. The van der Waals surface area contributed by atoms with Crippen LogP contribution in [0.2, 0.25) is 0 Å². The summed E-state index contributed by atoms with van der Waals surface area (Å²) in [5.41, 5.74) is 1.29. The number of ketones is 2. The first-order chi connectivity index (χ1) is 14.8. The second kappa shape index (κ2) is 16.9. The zero-order valence-corrected chi connectivity index (χ0v) is 18.2. The maximum atomic E-state index is 11.7. The fourth-order valence-corrected chi connectivity index (χ4v) is 2.25. The standard InChI is InChI=1S/C13H17NO3.C10H11NO3.2CH4/c1-3-4-5-12(15)10-6-8-11(9-7-10)17-13(14)16-2;1-7(12)8-3-5-9(6-4-8)14-10(11)13-2;;/h6-9,14H,3-5H2,1-2H3;3-6,11H,1-2H3;2*1H4. The second-order valence-electron chi connectivity index (χ2n) is 6.32. The van der Waals surface area contributed by atoms with E-state index in [-0.39, 0.29) is 38.6 Å². The molecule has 0 aromatic heterocycles. The number of carbonyl (C=O) groups excluding carboxylic acids is 2. The van der Waals surface area contributed by atoms with Gasteiger partial charge in [-0.25, -0.2) is 10.8 Å². The summed E-state index contributed by atoms with van der Waals surface area (Å²) in [7, 11) is 2.72. The molecule has 2 aromatic carbocycles. The van der Waals surface area contributed by atoms with E-state index in [0.29, 0.717) is 29.0 Å². The lowest BCUT2D eigenvalue weighted by Gasteiger charge is -2.05. The molecule has 2 aromatic rings. The first-order valence-electron chi connectivity index (χ1n) is 9.65. The summed E-state index contributed by atoms with van der Waals surface area (Å²) in [6.45, 7) is 3.55. The van der Waals surface area contributed by atoms with Gasteiger partial charge in [0.15, 0.2) is 11.6 Å². The van der Waals surface area contributed by atoms with Gasteiger partial charge in [0.2, 0.25) is 0 Å². The summed E-state index contributed by atoms with van der Waals surface area (Å²) < 4.78 is 19.1. The van der Waals surface area contributed by atoms with Gasteiger partial charge >= 0.3 is 12.2 Å². The fraction of sp³-hybridized carbons (Fsp3) is 0.360. The van der Waals surface area contributed by atoms with Crippen molar-refractivity contribution in [3.63, 3.8) is 0 Å². The van der Waals surface area contributed by atoms with Gasteiger partial charge in [0.05, 0.1) is 14.2 Å². The molecule has 0 unspecified atom stereocenters. The molecule has 0 heterocycles. The van der Waals surface area contributed by atoms with E-state index >= 15 is 0 Å². The van der Waals surface area contributed by atoms with E-state index in [1.54, 1.807) is 48.5 Å². The van der Waals surface area contributed by atoms with E-state index in [1.807, 2.05) is 0 Å². The Kier molecular flexibility index (Phi) is 16.2. The Morgan fingerprint density at radius 3 is 1.48 bits per heavy atom. The van der Waals surface area contributed by atoms with Crippen molar-refractivity contribution in [2.24, 2.45) is 0 Å². The lowest BCUT2D eigenvalue weighted by atomic mass is 10.1. The van der Waals surface area contributed by atoms with Crippen LogP contribution < -0.4 is 9.47 Å². The molecule has 2 rings (SSSR count). The molecule has 8 nitrogen and oxygen atoms in total. The maximum Gasteiger partial charge on any atom is 0.385 e. The van der Waals surface area contributed by atoms with Crippen LogP contribution in [0.5, 0.6) is 11.5 Å². The summed E-state index contributed by atoms with van der Waals surface area (Å²) in [6, 6.07) is 13.2. The summed E-state index contributed by atoms with van der Waals surface area (Å²) in [4.78, 5) is 22.6. The minimum Gasteiger partial charge on any atom is -0.454 e. The summed E-state index contributed by atoms with van der Waals surface area (Å²) in [5.74, 6) is 1.10. The topological polar surface area (TPSA) is 119 Å². The van der Waals surface area contributed by atoms with Crippen molar-refractivity contribution in [3.05, 3.63) is 59.7 Å². The molecule has 0 atom stereocenters. The van der Waals surface area contributed by atoms with Crippen LogP contribution in [0, 0.1) is 10.8 Å². The molecular weight excluding hydrogens is 424 g/mol. The van der Waals surface area contributed by atoms with Crippen LogP contribution >= 0.6 is 0 Å². The Morgan fingerprint density at radius 1 is 0.758 bits per heavy atom. The van der Waals surface area contributed by atoms with E-state index < -0.39 is 0 Å². The molecule has 0 saturated heterocycles. The molecule has 182 valence electrons. The summed E-state index contributed by atoms with van der Waals surface area (Å²) in [6.07, 6.45) is 1.95. The van der Waals surface area contributed by atoms with Crippen LogP contribution in [0.15, 0.2) is 48.5 Å². The summed E-state index contributed by atoms with van der Waals surface area (Å²) >= 11 is 0. The Labute approximate surface area is 196 Å². The van der Waals surface area contributed by atoms with E-state index in [2.05, 4.69) is 16.4 Å². The highest BCUT2D eigenvalue weighted by atomic mass is 16.7. The number of hydrogen-bond donors (Lipinski definition) is 2. The van der Waals surface area contributed by atoms with Crippen molar-refractivity contribution in [1.82, 2.24) is 0 Å². The first-order valence-corrected chi connectivity index (χ1v) is 9.65. The van der Waals surface area contributed by atoms with E-state index in [4.69, 9.17) is 20.3 Å². The van der Waals surface area contributed by atoms with Gasteiger partial charge in [-0.15, -0.1) is 0 Å². The highest BCUT2D eigenvalue weighted by Crippen LogP contribution is 2.15. The van der Waals surface area contributed by atoms with Gasteiger partial charge in [0, 0.05) is 17.5 Å². The number of hydrogen-bond acceptors (Lipinski definition) is 8. The van der Waals surface area contributed by atoms with Gasteiger partial charge in [0.1, 0.15) is 11.5 Å². The predicted molar refractivity (Wildman–Crippen MR) is 131 cm³/mol. The highest BCUT2D eigenvalue weighted by Gasteiger charge is 2.06. The first kappa shape index (κ1) is 31.5. The molecule has 0 aliphatic heterocycles. The van der Waals surface area contributed by atoms with Crippen molar-refractivity contribution in [3.8, 4) is 11.5 Å². The van der Waals surface area contributed by atoms with Crippen LogP contribution in [-0.2, 0) is 9.47 Å². The van der Waals surface area contributed by atoms with Gasteiger partial charge < -0.3 is 18.9 Å². The van der Waals surface area contributed by atoms with Crippen molar-refractivity contribution in [2.45, 2.75) is 48.0 Å². The third-order valence-corrected chi connectivity index (χ3v) is 3.99. The normalized spacial score (nSPS) is 8.97. The van der Waals surface area contributed by atoms with Crippen LogP contribution in [0.25, 0.3) is 0 Å². The SMILES string of the molecule is C.C.CCCCC(=O)c1ccc(OC(=N)OC)cc1.COC(=N)Oc1ccc(C(C)=O)cc1. The number of benzene rings is 2. The molecule has 8 heteroatoms. The molecule has 2 N–H and O–H groups in total. The lowest BCUT2D eigenvalue weighted by molar-refractivity contribution is 0.0978. The number of nitrogens with one attached hydrogen (secondary N) is 2. The Balaban J connectivity index is 0. The Hall–Kier alpha value is -3.68. The molecule has 0 saturated carbocycles. The minimum absolute atomic E-state index is 0. The van der Waals surface area contributed by atoms with Crippen LogP contribution in [0.1, 0.15) is 68.7 Å². The highest BCUT2D eigenvalue weighted by molar-refractivity contribution is 5.96. The zero-order chi connectivity index (χ0) is 23.2. The monoisotopic (exact) mass is 460 g/mol. The number of Topliss-reactive ketones (excluding diaryl/α,β-unsaturated/α-hetero) is 2. The fourth-order valence-electron chi connectivity index (χ4n) is 2.25. The zero-order valence-electron chi connectivity index (χ0n) is 18.2. The van der Waals surface area contributed by atoms with Gasteiger partial charge in [-0.3, -0.25) is 9.59 Å². The third kappa shape index (κ3) is 12.1. The van der Waals surface area contributed by atoms with Crippen LogP contribution in [0.4, 0.5) is 0 Å². The predicted octanol–water partition coefficient (Wildman–Crippen LogP) is 6.14. The molecule has 0 aliphatic rings. The van der Waals surface area contributed by atoms with Crippen molar-refractivity contribution >= 4 is 23.7 Å². The van der Waals surface area contributed by atoms with Gasteiger partial charge in [-0.2, -0.15) is 0 Å². The van der Waals surface area contributed by atoms with Gasteiger partial charge in [-0.1, -0.05) is 28.2 Å². The smallest absolute Gasteiger partial charge is 0.385 e. The number of carbonyl (C=O) groups is 2. The molecule has 0 aliphatic carbocycles. The average Bonchev–Trinajstić information content (AvgIpc) is 2.78. The van der Waals surface area contributed by atoms with Crippen molar-refractivity contribution < 1.29 is 28.5 Å². The molecule has 0 radical (unpaired) electrons. The molecule has 0 spiro atoms. The number of rotatable bonds is 7. The number of ether oxygens (including phenoxy) is 4. The Bertz CT molecular complexity index is 877. The second-order valence-corrected chi connectivity index (χ2v) is 6.32. The lowest BCUT2D eigenvalue weighted by Crippen LogP contribution is -2.08. The van der Waals surface area contributed by atoms with Crippen LogP contribution in [-0.4, -0.2) is 38.0 Å². The van der Waals surface area contributed by atoms with Crippen molar-refractivity contribution in [2.75, 3.05) is 14.2 Å². The van der Waals surface area contributed by atoms with E-state index in [1.165, 1.54) is 21.1 Å². The molecule has 33 heavy (non-hydrogen) atoms. The molecule has 0 fully saturated rings. The largest absolute Gasteiger partial charge is 0.454 e. The maximum absolute atomic E-state index is 11.7. The third-order valence-electron chi connectivity index (χ3n) is 3.99. The number of methoxy groups -OCH3 is 2. The Morgan fingerprint density at radius 2 is 1.15 bits per heavy atom. The van der Waals surface area contributed by atoms with Crippen molar-refractivity contribution in [1.29, 1.82) is 10.8 Å². The van der Waals surface area contributed by atoms with E-state index in [0.717, 1.165) is 12.8 Å².